The summed E-state index contributed by atoms with van der Waals surface area (Å²) in [5.41, 5.74) is -1.23. The highest BCUT2D eigenvalue weighted by Gasteiger charge is 2.39. The number of hydrogen-bond acceptors (Lipinski definition) is 4. The molecule has 2 N–H and O–H groups in total. The van der Waals surface area contributed by atoms with Gasteiger partial charge in [0.05, 0.1) is 17.8 Å². The van der Waals surface area contributed by atoms with Crippen LogP contribution in [0.5, 0.6) is 0 Å². The van der Waals surface area contributed by atoms with Gasteiger partial charge in [-0.2, -0.15) is 4.31 Å². The van der Waals surface area contributed by atoms with Crippen LogP contribution in [0.3, 0.4) is 0 Å². The Hall–Kier alpha value is -0.660. The van der Waals surface area contributed by atoms with Gasteiger partial charge in [-0.1, -0.05) is 19.3 Å². The summed E-state index contributed by atoms with van der Waals surface area (Å²) >= 11 is 0. The molecule has 0 aromatic rings. The van der Waals surface area contributed by atoms with Gasteiger partial charge in [-0.15, -0.1) is 0 Å². The van der Waals surface area contributed by atoms with Gasteiger partial charge in [0.25, 0.3) is 0 Å². The average Bonchev–Trinajstić information content (AvgIpc) is 2.36. The van der Waals surface area contributed by atoms with Crippen LogP contribution in [0.1, 0.15) is 44.9 Å². The van der Waals surface area contributed by atoms with Gasteiger partial charge in [0.15, 0.2) is 0 Å². The molecule has 1 heterocycles. The van der Waals surface area contributed by atoms with E-state index in [0.29, 0.717) is 31.7 Å². The Morgan fingerprint density at radius 3 is 2.67 bits per heavy atom. The SMILES string of the molecule is CNC(=O)CC1(O)CCCN(S(=O)(=O)CCC2CCC2)C1. The molecule has 1 aliphatic heterocycles. The van der Waals surface area contributed by atoms with E-state index in [1.54, 1.807) is 0 Å². The maximum Gasteiger partial charge on any atom is 0.222 e. The predicted octanol–water partition coefficient (Wildman–Crippen LogP) is 0.469. The molecule has 7 heteroatoms. The summed E-state index contributed by atoms with van der Waals surface area (Å²) < 4.78 is 26.1. The molecule has 2 aliphatic rings. The van der Waals surface area contributed by atoms with Gasteiger partial charge in [0.1, 0.15) is 0 Å². The van der Waals surface area contributed by atoms with E-state index in [-0.39, 0.29) is 24.6 Å². The van der Waals surface area contributed by atoms with Crippen molar-refractivity contribution in [3.63, 3.8) is 0 Å². The second kappa shape index (κ2) is 6.62. The number of sulfonamides is 1. The smallest absolute Gasteiger partial charge is 0.222 e. The fourth-order valence-corrected chi connectivity index (χ4v) is 4.80. The van der Waals surface area contributed by atoms with Gasteiger partial charge >= 0.3 is 0 Å². The summed E-state index contributed by atoms with van der Waals surface area (Å²) in [6.45, 7) is 0.483. The highest BCUT2D eigenvalue weighted by atomic mass is 32.2. The molecular weight excluding hydrogens is 292 g/mol. The number of aliphatic hydroxyl groups is 1. The number of amides is 1. The van der Waals surface area contributed by atoms with Crippen molar-refractivity contribution in [2.45, 2.75) is 50.5 Å². The van der Waals surface area contributed by atoms with E-state index in [1.165, 1.54) is 17.8 Å². The van der Waals surface area contributed by atoms with Gasteiger partial charge in [-0.25, -0.2) is 8.42 Å². The molecule has 0 radical (unpaired) electrons. The van der Waals surface area contributed by atoms with E-state index in [9.17, 15) is 18.3 Å². The van der Waals surface area contributed by atoms with Crippen molar-refractivity contribution in [2.75, 3.05) is 25.9 Å². The average molecular weight is 318 g/mol. The van der Waals surface area contributed by atoms with E-state index in [1.807, 2.05) is 0 Å². The van der Waals surface area contributed by atoms with Crippen LogP contribution in [0.2, 0.25) is 0 Å². The lowest BCUT2D eigenvalue weighted by Gasteiger charge is -2.38. The maximum atomic E-state index is 12.4. The molecule has 0 bridgehead atoms. The van der Waals surface area contributed by atoms with E-state index in [0.717, 1.165) is 12.8 Å². The Bertz CT molecular complexity index is 475. The van der Waals surface area contributed by atoms with Crippen LogP contribution in [-0.4, -0.2) is 55.2 Å². The Kier molecular flexibility index (Phi) is 5.27. The standard InChI is InChI=1S/C14H26N2O4S/c1-15-13(17)10-14(18)7-3-8-16(11-14)21(19,20)9-6-12-4-2-5-12/h12,18H,2-11H2,1H3,(H,15,17). The lowest BCUT2D eigenvalue weighted by atomic mass is 9.84. The Morgan fingerprint density at radius 1 is 1.38 bits per heavy atom. The zero-order valence-electron chi connectivity index (χ0n) is 12.7. The summed E-state index contributed by atoms with van der Waals surface area (Å²) in [6.07, 6.45) is 5.21. The van der Waals surface area contributed by atoms with Crippen LogP contribution in [0.25, 0.3) is 0 Å². The highest BCUT2D eigenvalue weighted by Crippen LogP contribution is 2.31. The molecule has 1 amide bonds. The van der Waals surface area contributed by atoms with Crippen LogP contribution in [0, 0.1) is 5.92 Å². The molecule has 2 rings (SSSR count). The molecule has 0 spiro atoms. The van der Waals surface area contributed by atoms with Crippen molar-refractivity contribution in [1.82, 2.24) is 9.62 Å². The molecule has 1 aliphatic carbocycles. The van der Waals surface area contributed by atoms with Crippen LogP contribution in [0.4, 0.5) is 0 Å². The zero-order chi connectivity index (χ0) is 15.5. The topological polar surface area (TPSA) is 86.7 Å². The number of carbonyl (C=O) groups is 1. The molecular formula is C14H26N2O4S. The quantitative estimate of drug-likeness (QED) is 0.745. The summed E-state index contributed by atoms with van der Waals surface area (Å²) in [5.74, 6) is 0.453. The normalized spacial score (nSPS) is 28.1. The lowest BCUT2D eigenvalue weighted by Crippen LogP contribution is -2.52. The Morgan fingerprint density at radius 2 is 2.10 bits per heavy atom. The fourth-order valence-electron chi connectivity index (χ4n) is 3.07. The minimum absolute atomic E-state index is 0.0351. The molecule has 6 nitrogen and oxygen atoms in total. The zero-order valence-corrected chi connectivity index (χ0v) is 13.5. The molecule has 2 fully saturated rings. The largest absolute Gasteiger partial charge is 0.388 e. The predicted molar refractivity (Wildman–Crippen MR) is 80.2 cm³/mol. The lowest BCUT2D eigenvalue weighted by molar-refractivity contribution is -0.127. The number of β-amino-alcohol motifs (C(OH)–C–C–N with tert-alkyl or cyclic N) is 1. The maximum absolute atomic E-state index is 12.4. The van der Waals surface area contributed by atoms with Crippen LogP contribution in [0.15, 0.2) is 0 Å². The van der Waals surface area contributed by atoms with E-state index in [4.69, 9.17) is 0 Å². The van der Waals surface area contributed by atoms with Gasteiger partial charge in [-0.3, -0.25) is 4.79 Å². The van der Waals surface area contributed by atoms with E-state index >= 15 is 0 Å². The van der Waals surface area contributed by atoms with E-state index < -0.39 is 15.6 Å². The van der Waals surface area contributed by atoms with Gasteiger partial charge in [0, 0.05) is 20.1 Å². The van der Waals surface area contributed by atoms with Crippen LogP contribution >= 0.6 is 0 Å². The minimum Gasteiger partial charge on any atom is -0.388 e. The van der Waals surface area contributed by atoms with Crippen molar-refractivity contribution >= 4 is 15.9 Å². The molecule has 21 heavy (non-hydrogen) atoms. The minimum atomic E-state index is -3.33. The third kappa shape index (κ3) is 4.40. The summed E-state index contributed by atoms with van der Waals surface area (Å²) in [7, 11) is -1.81. The van der Waals surface area contributed by atoms with Crippen molar-refractivity contribution in [3.8, 4) is 0 Å². The number of nitrogens with one attached hydrogen (secondary N) is 1. The number of nitrogens with zero attached hydrogens (tertiary/aromatic N) is 1. The van der Waals surface area contributed by atoms with Crippen molar-refractivity contribution in [3.05, 3.63) is 0 Å². The molecule has 1 atom stereocenters. The number of hydrogen-bond donors (Lipinski definition) is 2. The Labute approximate surface area is 126 Å². The first-order chi connectivity index (χ1) is 9.85. The highest BCUT2D eigenvalue weighted by molar-refractivity contribution is 7.89. The van der Waals surface area contributed by atoms with E-state index in [2.05, 4.69) is 5.32 Å². The monoisotopic (exact) mass is 318 g/mol. The Balaban J connectivity index is 1.93. The number of piperidine rings is 1. The van der Waals surface area contributed by atoms with Crippen LogP contribution in [-0.2, 0) is 14.8 Å². The third-order valence-corrected chi connectivity index (χ3v) is 6.54. The summed E-state index contributed by atoms with van der Waals surface area (Å²) in [5, 5.41) is 13.0. The second-order valence-electron chi connectivity index (χ2n) is 6.41. The molecule has 1 saturated heterocycles. The second-order valence-corrected chi connectivity index (χ2v) is 8.50. The first-order valence-electron chi connectivity index (χ1n) is 7.75. The molecule has 1 unspecified atom stereocenters. The van der Waals surface area contributed by atoms with Gasteiger partial charge in [-0.05, 0) is 25.2 Å². The van der Waals surface area contributed by atoms with Gasteiger partial charge in [0.2, 0.25) is 15.9 Å². The first kappa shape index (κ1) is 16.7. The molecule has 122 valence electrons. The third-order valence-electron chi connectivity index (χ3n) is 4.69. The number of rotatable bonds is 6. The molecule has 1 saturated carbocycles. The fraction of sp³-hybridized carbons (Fsp3) is 0.929. The molecule has 0 aromatic carbocycles. The number of carbonyl (C=O) groups excluding carboxylic acids is 1. The summed E-state index contributed by atoms with van der Waals surface area (Å²) in [6, 6.07) is 0. The van der Waals surface area contributed by atoms with Crippen molar-refractivity contribution in [1.29, 1.82) is 0 Å². The molecule has 0 aromatic heterocycles. The first-order valence-corrected chi connectivity index (χ1v) is 9.36. The summed E-state index contributed by atoms with van der Waals surface area (Å²) in [4.78, 5) is 11.5. The van der Waals surface area contributed by atoms with Crippen LogP contribution < -0.4 is 5.32 Å². The van der Waals surface area contributed by atoms with Crippen molar-refractivity contribution < 1.29 is 18.3 Å². The van der Waals surface area contributed by atoms with Crippen molar-refractivity contribution in [2.24, 2.45) is 5.92 Å². The van der Waals surface area contributed by atoms with Gasteiger partial charge < -0.3 is 10.4 Å².